The molecule has 0 saturated heterocycles. The zero-order valence-corrected chi connectivity index (χ0v) is 19.9. The van der Waals surface area contributed by atoms with Gasteiger partial charge in [-0.1, -0.05) is 18.6 Å². The first kappa shape index (κ1) is 21.7. The number of carbonyl (C=O) groups excluding carboxylic acids is 2. The Morgan fingerprint density at radius 2 is 1.88 bits per heavy atom. The molecular formula is C25H27N3O4S. The van der Waals surface area contributed by atoms with E-state index >= 15 is 0 Å². The summed E-state index contributed by atoms with van der Waals surface area (Å²) in [4.78, 5) is 32.4. The second-order valence-corrected chi connectivity index (χ2v) is 9.60. The summed E-state index contributed by atoms with van der Waals surface area (Å²) in [6.07, 6.45) is 5.03. The van der Waals surface area contributed by atoms with E-state index in [1.165, 1.54) is 17.8 Å². The molecule has 1 fully saturated rings. The van der Waals surface area contributed by atoms with Gasteiger partial charge in [0.15, 0.2) is 0 Å². The summed E-state index contributed by atoms with van der Waals surface area (Å²) >= 11 is 1.36. The number of nitrogens with one attached hydrogen (secondary N) is 2. The number of ether oxygens (including phenoxy) is 2. The average Bonchev–Trinajstić information content (AvgIpc) is 3.17. The van der Waals surface area contributed by atoms with Crippen LogP contribution in [0.4, 0.5) is 5.69 Å². The second kappa shape index (κ2) is 8.33. The maximum Gasteiger partial charge on any atom is 0.340 e. The van der Waals surface area contributed by atoms with Gasteiger partial charge in [-0.15, -0.1) is 11.3 Å². The fourth-order valence-electron chi connectivity index (χ4n) is 4.97. The zero-order valence-electron chi connectivity index (χ0n) is 19.0. The molecule has 2 N–H and O–H groups in total. The molecule has 5 rings (SSSR count). The molecular weight excluding hydrogens is 438 g/mol. The normalized spacial score (nSPS) is 16.8. The lowest BCUT2D eigenvalue weighted by Crippen LogP contribution is -2.58. The first-order valence-corrected chi connectivity index (χ1v) is 12.2. The van der Waals surface area contributed by atoms with Crippen molar-refractivity contribution in [2.45, 2.75) is 51.6 Å². The van der Waals surface area contributed by atoms with Crippen molar-refractivity contribution in [3.8, 4) is 16.9 Å². The van der Waals surface area contributed by atoms with Gasteiger partial charge in [0.05, 0.1) is 30.7 Å². The minimum Gasteiger partial charge on any atom is -0.497 e. The molecule has 0 atom stereocenters. The fourth-order valence-corrected chi connectivity index (χ4v) is 6.05. The number of carbonyl (C=O) groups is 2. The van der Waals surface area contributed by atoms with E-state index in [9.17, 15) is 9.59 Å². The smallest absolute Gasteiger partial charge is 0.340 e. The van der Waals surface area contributed by atoms with Crippen LogP contribution in [0, 0.1) is 6.92 Å². The number of fused-ring (bicyclic) bond motifs is 3. The van der Waals surface area contributed by atoms with Crippen molar-refractivity contribution in [1.29, 1.82) is 0 Å². The lowest BCUT2D eigenvalue weighted by Gasteiger charge is -2.42. The molecule has 1 saturated carbocycles. The summed E-state index contributed by atoms with van der Waals surface area (Å²) in [6.45, 7) is 3.87. The first-order chi connectivity index (χ1) is 16.0. The topological polar surface area (TPSA) is 89.6 Å². The number of hydrogen-bond donors (Lipinski definition) is 2. The summed E-state index contributed by atoms with van der Waals surface area (Å²) < 4.78 is 10.7. The van der Waals surface area contributed by atoms with Gasteiger partial charge < -0.3 is 20.1 Å². The summed E-state index contributed by atoms with van der Waals surface area (Å²) in [6, 6.07) is 7.60. The molecule has 3 aromatic rings. The van der Waals surface area contributed by atoms with Crippen LogP contribution in [0.1, 0.15) is 64.8 Å². The number of rotatable bonds is 4. The molecule has 2 aliphatic rings. The Morgan fingerprint density at radius 3 is 2.55 bits per heavy atom. The molecule has 3 heterocycles. The highest BCUT2D eigenvalue weighted by atomic mass is 32.1. The zero-order chi connectivity index (χ0) is 23.2. The van der Waals surface area contributed by atoms with Gasteiger partial charge in [-0.3, -0.25) is 4.79 Å². The van der Waals surface area contributed by atoms with Gasteiger partial charge in [-0.2, -0.15) is 0 Å². The molecule has 8 heteroatoms. The fraction of sp³-hybridized carbons (Fsp3) is 0.400. The van der Waals surface area contributed by atoms with Gasteiger partial charge in [-0.05, 0) is 57.2 Å². The molecule has 2 aromatic heterocycles. The molecule has 1 aromatic carbocycles. The predicted molar refractivity (Wildman–Crippen MR) is 129 cm³/mol. The lowest BCUT2D eigenvalue weighted by molar-refractivity contribution is 0.0526. The number of thiophene rings is 1. The van der Waals surface area contributed by atoms with Gasteiger partial charge in [-0.25, -0.2) is 9.78 Å². The Morgan fingerprint density at radius 1 is 1.15 bits per heavy atom. The lowest BCUT2D eigenvalue weighted by atomic mass is 9.86. The molecule has 0 radical (unpaired) electrons. The third-order valence-corrected chi connectivity index (χ3v) is 7.59. The third kappa shape index (κ3) is 3.62. The van der Waals surface area contributed by atoms with Gasteiger partial charge in [0.25, 0.3) is 5.91 Å². The minimum absolute atomic E-state index is 0.0790. The van der Waals surface area contributed by atoms with Crippen molar-refractivity contribution in [2.24, 2.45) is 0 Å². The quantitative estimate of drug-likeness (QED) is 0.510. The standard InChI is InChI=1S/C25H27N3O4S/c1-4-32-24(30)17-14(2)26-23-19(18(17)15-8-10-16(31-3)11-9-15)20-21(33-23)22(29)28-25(27-20)12-6-5-7-13-25/h8-11,27H,4-7,12-13H2,1-3H3,(H,28,29). The van der Waals surface area contributed by atoms with E-state index in [1.54, 1.807) is 14.0 Å². The van der Waals surface area contributed by atoms with E-state index in [2.05, 4.69) is 10.6 Å². The number of hydrogen-bond acceptors (Lipinski definition) is 7. The number of aryl methyl sites for hydroxylation is 1. The Hall–Kier alpha value is -3.13. The number of nitrogens with zero attached hydrogens (tertiary/aromatic N) is 1. The molecule has 1 amide bonds. The van der Waals surface area contributed by atoms with Crippen molar-refractivity contribution in [2.75, 3.05) is 19.0 Å². The van der Waals surface area contributed by atoms with E-state index in [-0.39, 0.29) is 12.5 Å². The Bertz CT molecular complexity index is 1240. The van der Waals surface area contributed by atoms with E-state index < -0.39 is 11.6 Å². The van der Waals surface area contributed by atoms with Crippen molar-refractivity contribution in [3.63, 3.8) is 0 Å². The SMILES string of the molecule is CCOC(=O)c1c(C)nc2sc3c(c2c1-c1ccc(OC)cc1)NC1(CCCCC1)NC3=O. The van der Waals surface area contributed by atoms with Crippen LogP contribution in [0.5, 0.6) is 5.75 Å². The van der Waals surface area contributed by atoms with Crippen LogP contribution in [0.2, 0.25) is 0 Å². The largest absolute Gasteiger partial charge is 0.497 e. The first-order valence-electron chi connectivity index (χ1n) is 11.4. The highest BCUT2D eigenvalue weighted by molar-refractivity contribution is 7.21. The average molecular weight is 466 g/mol. The number of esters is 1. The molecule has 33 heavy (non-hydrogen) atoms. The van der Waals surface area contributed by atoms with Crippen LogP contribution in [0.25, 0.3) is 21.3 Å². The Kier molecular flexibility index (Phi) is 5.48. The summed E-state index contributed by atoms with van der Waals surface area (Å²) in [5.74, 6) is 0.233. The summed E-state index contributed by atoms with van der Waals surface area (Å²) in [5, 5.41) is 7.70. The number of pyridine rings is 1. The van der Waals surface area contributed by atoms with Crippen LogP contribution in [0.3, 0.4) is 0 Å². The van der Waals surface area contributed by atoms with E-state index in [1.807, 2.05) is 31.2 Å². The second-order valence-electron chi connectivity index (χ2n) is 8.60. The van der Waals surface area contributed by atoms with E-state index in [0.717, 1.165) is 58.5 Å². The van der Waals surface area contributed by atoms with E-state index in [4.69, 9.17) is 14.5 Å². The van der Waals surface area contributed by atoms with Crippen LogP contribution >= 0.6 is 11.3 Å². The summed E-state index contributed by atoms with van der Waals surface area (Å²) in [7, 11) is 1.62. The number of benzene rings is 1. The number of aromatic nitrogens is 1. The van der Waals surface area contributed by atoms with Crippen LogP contribution in [0.15, 0.2) is 24.3 Å². The Balaban J connectivity index is 1.79. The molecule has 7 nitrogen and oxygen atoms in total. The number of anilines is 1. The number of amides is 1. The highest BCUT2D eigenvalue weighted by Gasteiger charge is 2.41. The molecule has 172 valence electrons. The maximum atomic E-state index is 13.2. The molecule has 0 bridgehead atoms. The van der Waals surface area contributed by atoms with Gasteiger partial charge in [0, 0.05) is 10.9 Å². The van der Waals surface area contributed by atoms with Crippen molar-refractivity contribution < 1.29 is 19.1 Å². The maximum absolute atomic E-state index is 13.2. The van der Waals surface area contributed by atoms with Crippen molar-refractivity contribution in [3.05, 3.63) is 40.4 Å². The van der Waals surface area contributed by atoms with Gasteiger partial charge in [0.1, 0.15) is 21.1 Å². The summed E-state index contributed by atoms with van der Waals surface area (Å²) in [5.41, 5.74) is 2.91. The van der Waals surface area contributed by atoms with Gasteiger partial charge >= 0.3 is 5.97 Å². The monoisotopic (exact) mass is 465 g/mol. The van der Waals surface area contributed by atoms with Crippen LogP contribution in [-0.4, -0.2) is 36.2 Å². The van der Waals surface area contributed by atoms with Crippen molar-refractivity contribution >= 4 is 39.1 Å². The van der Waals surface area contributed by atoms with Gasteiger partial charge in [0.2, 0.25) is 0 Å². The molecule has 1 spiro atoms. The molecule has 1 aliphatic carbocycles. The molecule has 1 aliphatic heterocycles. The van der Waals surface area contributed by atoms with Crippen molar-refractivity contribution in [1.82, 2.24) is 10.3 Å². The van der Waals surface area contributed by atoms with Crippen LogP contribution < -0.4 is 15.4 Å². The molecule has 0 unspecified atom stereocenters. The minimum atomic E-state index is -0.456. The Labute approximate surface area is 196 Å². The van der Waals surface area contributed by atoms with E-state index in [0.29, 0.717) is 16.1 Å². The number of methoxy groups -OCH3 is 1. The third-order valence-electron chi connectivity index (χ3n) is 6.51. The predicted octanol–water partition coefficient (Wildman–Crippen LogP) is 5.27. The van der Waals surface area contributed by atoms with Crippen LogP contribution in [-0.2, 0) is 4.74 Å². The highest BCUT2D eigenvalue weighted by Crippen LogP contribution is 2.47.